The Kier molecular flexibility index (Phi) is 5.01. The molecule has 1 aromatic heterocycles. The third-order valence-electron chi connectivity index (χ3n) is 5.09. The van der Waals surface area contributed by atoms with Gasteiger partial charge in [0.1, 0.15) is 17.3 Å². The molecular weight excluding hydrogens is 341 g/mol. The summed E-state index contributed by atoms with van der Waals surface area (Å²) < 4.78 is 15.5. The molecule has 0 saturated carbocycles. The number of carbonyl (C=O) groups excluding carboxylic acids is 1. The molecule has 5 heteroatoms. The minimum Gasteiger partial charge on any atom is -0.350 e. The molecule has 4 nitrogen and oxygen atoms in total. The maximum atomic E-state index is 13.5. The van der Waals surface area contributed by atoms with Gasteiger partial charge in [0.25, 0.3) is 5.91 Å². The van der Waals surface area contributed by atoms with Gasteiger partial charge in [-0.15, -0.1) is 0 Å². The van der Waals surface area contributed by atoms with E-state index < -0.39 is 0 Å². The molecule has 1 unspecified atom stereocenters. The summed E-state index contributed by atoms with van der Waals surface area (Å²) in [5.74, 6) is 0.824. The summed E-state index contributed by atoms with van der Waals surface area (Å²) in [6.45, 7) is 1.31. The first-order valence-electron chi connectivity index (χ1n) is 9.32. The lowest BCUT2D eigenvalue weighted by molar-refractivity contribution is 0.0949. The monoisotopic (exact) mass is 363 g/mol. The van der Waals surface area contributed by atoms with Gasteiger partial charge in [-0.05, 0) is 36.1 Å². The van der Waals surface area contributed by atoms with Crippen LogP contribution in [0.5, 0.6) is 0 Å². The summed E-state index contributed by atoms with van der Waals surface area (Å²) in [7, 11) is 0. The maximum absolute atomic E-state index is 13.5. The molecule has 0 fully saturated rings. The molecule has 4 rings (SSSR count). The predicted octanol–water partition coefficient (Wildman–Crippen LogP) is 3.72. The van der Waals surface area contributed by atoms with Crippen molar-refractivity contribution in [2.75, 3.05) is 6.54 Å². The number of rotatable bonds is 5. The Bertz CT molecular complexity index is 936. The van der Waals surface area contributed by atoms with Crippen LogP contribution in [0.25, 0.3) is 0 Å². The highest BCUT2D eigenvalue weighted by Crippen LogP contribution is 2.29. The van der Waals surface area contributed by atoms with Gasteiger partial charge in [0.05, 0.1) is 0 Å². The topological polar surface area (TPSA) is 46.9 Å². The highest BCUT2D eigenvalue weighted by molar-refractivity contribution is 5.92. The molecule has 0 radical (unpaired) electrons. The Morgan fingerprint density at radius 3 is 2.85 bits per heavy atom. The number of aromatic nitrogens is 2. The smallest absolute Gasteiger partial charge is 0.271 e. The number of benzene rings is 2. The quantitative estimate of drug-likeness (QED) is 0.751. The van der Waals surface area contributed by atoms with Gasteiger partial charge in [-0.3, -0.25) is 4.79 Å². The van der Waals surface area contributed by atoms with Gasteiger partial charge in [0, 0.05) is 31.6 Å². The van der Waals surface area contributed by atoms with Crippen molar-refractivity contribution in [2.24, 2.45) is 0 Å². The Morgan fingerprint density at radius 1 is 1.19 bits per heavy atom. The number of aryl methyl sites for hydroxylation is 1. The molecule has 3 aromatic rings. The van der Waals surface area contributed by atoms with Crippen LogP contribution in [0.1, 0.15) is 39.8 Å². The van der Waals surface area contributed by atoms with E-state index in [4.69, 9.17) is 0 Å². The van der Waals surface area contributed by atoms with E-state index in [-0.39, 0.29) is 17.6 Å². The second-order valence-electron chi connectivity index (χ2n) is 6.98. The minimum absolute atomic E-state index is 0.143. The summed E-state index contributed by atoms with van der Waals surface area (Å²) in [5, 5.41) is 2.94. The number of nitrogens with one attached hydrogen (secondary N) is 1. The zero-order chi connectivity index (χ0) is 18.6. The van der Waals surface area contributed by atoms with Crippen LogP contribution in [0.4, 0.5) is 4.39 Å². The van der Waals surface area contributed by atoms with Crippen molar-refractivity contribution in [2.45, 2.75) is 31.7 Å². The summed E-state index contributed by atoms with van der Waals surface area (Å²) >= 11 is 0. The van der Waals surface area contributed by atoms with Gasteiger partial charge >= 0.3 is 0 Å². The largest absolute Gasteiger partial charge is 0.350 e. The van der Waals surface area contributed by atoms with E-state index in [1.165, 1.54) is 11.6 Å². The van der Waals surface area contributed by atoms with Crippen LogP contribution in [0.15, 0.2) is 60.8 Å². The lowest BCUT2D eigenvalue weighted by Gasteiger charge is -2.24. The van der Waals surface area contributed by atoms with E-state index in [1.54, 1.807) is 12.1 Å². The van der Waals surface area contributed by atoms with Crippen molar-refractivity contribution >= 4 is 5.91 Å². The first-order valence-corrected chi connectivity index (χ1v) is 9.32. The highest BCUT2D eigenvalue weighted by atomic mass is 19.1. The Labute approximate surface area is 158 Å². The Balaban J connectivity index is 1.38. The van der Waals surface area contributed by atoms with Gasteiger partial charge in [0.2, 0.25) is 0 Å². The molecule has 2 aromatic carbocycles. The molecule has 2 heterocycles. The van der Waals surface area contributed by atoms with E-state index in [2.05, 4.69) is 10.3 Å². The SMILES string of the molecule is O=C(NCCc1ccccc1)c1cn2c(n1)CCC(c1cccc(F)c1)C2. The van der Waals surface area contributed by atoms with Crippen LogP contribution in [0.2, 0.25) is 0 Å². The molecule has 0 spiro atoms. The van der Waals surface area contributed by atoms with Crippen molar-refractivity contribution < 1.29 is 9.18 Å². The van der Waals surface area contributed by atoms with Crippen LogP contribution in [0.3, 0.4) is 0 Å². The van der Waals surface area contributed by atoms with Crippen molar-refractivity contribution in [3.63, 3.8) is 0 Å². The Hall–Kier alpha value is -2.95. The van der Waals surface area contributed by atoms with Crippen LogP contribution in [0, 0.1) is 5.82 Å². The van der Waals surface area contributed by atoms with Crippen LogP contribution in [-0.2, 0) is 19.4 Å². The van der Waals surface area contributed by atoms with Crippen LogP contribution < -0.4 is 5.32 Å². The number of hydrogen-bond acceptors (Lipinski definition) is 2. The fraction of sp³-hybridized carbons (Fsp3) is 0.273. The molecule has 138 valence electrons. The van der Waals surface area contributed by atoms with Gasteiger partial charge in [-0.2, -0.15) is 0 Å². The molecule has 0 bridgehead atoms. The third-order valence-corrected chi connectivity index (χ3v) is 5.09. The summed E-state index contributed by atoms with van der Waals surface area (Å²) in [5.41, 5.74) is 2.65. The average Bonchev–Trinajstić information content (AvgIpc) is 3.12. The summed E-state index contributed by atoms with van der Waals surface area (Å²) in [4.78, 5) is 16.9. The zero-order valence-corrected chi connectivity index (χ0v) is 15.1. The van der Waals surface area contributed by atoms with Crippen molar-refractivity contribution in [1.82, 2.24) is 14.9 Å². The lowest BCUT2D eigenvalue weighted by Crippen LogP contribution is -2.26. The van der Waals surface area contributed by atoms with Gasteiger partial charge in [0.15, 0.2) is 0 Å². The fourth-order valence-corrected chi connectivity index (χ4v) is 3.64. The van der Waals surface area contributed by atoms with Gasteiger partial charge in [-0.1, -0.05) is 42.5 Å². The fourth-order valence-electron chi connectivity index (χ4n) is 3.64. The maximum Gasteiger partial charge on any atom is 0.271 e. The first kappa shape index (κ1) is 17.5. The Morgan fingerprint density at radius 2 is 2.04 bits per heavy atom. The van der Waals surface area contributed by atoms with Crippen molar-refractivity contribution in [3.05, 3.63) is 89.3 Å². The number of imidazole rings is 1. The molecule has 1 aliphatic rings. The van der Waals surface area contributed by atoms with Crippen molar-refractivity contribution in [3.8, 4) is 0 Å². The minimum atomic E-state index is -0.206. The molecule has 1 atom stereocenters. The molecule has 27 heavy (non-hydrogen) atoms. The molecule has 1 N–H and O–H groups in total. The van der Waals surface area contributed by atoms with E-state index in [0.717, 1.165) is 37.2 Å². The van der Waals surface area contributed by atoms with Gasteiger partial charge in [-0.25, -0.2) is 9.37 Å². The van der Waals surface area contributed by atoms with E-state index in [0.29, 0.717) is 12.2 Å². The molecule has 1 amide bonds. The number of fused-ring (bicyclic) bond motifs is 1. The number of hydrogen-bond donors (Lipinski definition) is 1. The summed E-state index contributed by atoms with van der Waals surface area (Å²) in [6.07, 6.45) is 4.31. The van der Waals surface area contributed by atoms with Crippen LogP contribution in [-0.4, -0.2) is 22.0 Å². The molecule has 0 aliphatic carbocycles. The molecule has 0 saturated heterocycles. The van der Waals surface area contributed by atoms with E-state index in [1.807, 2.05) is 47.2 Å². The number of nitrogens with zero attached hydrogens (tertiary/aromatic N) is 2. The highest BCUT2D eigenvalue weighted by Gasteiger charge is 2.23. The van der Waals surface area contributed by atoms with Crippen LogP contribution >= 0.6 is 0 Å². The number of carbonyl (C=O) groups is 1. The number of amides is 1. The second kappa shape index (κ2) is 7.74. The normalized spacial score (nSPS) is 16.0. The average molecular weight is 363 g/mol. The third kappa shape index (κ3) is 4.08. The molecular formula is C22H22FN3O. The first-order chi connectivity index (χ1) is 13.2. The summed E-state index contributed by atoms with van der Waals surface area (Å²) in [6, 6.07) is 16.9. The van der Waals surface area contributed by atoms with Gasteiger partial charge < -0.3 is 9.88 Å². The van der Waals surface area contributed by atoms with Crippen molar-refractivity contribution in [1.29, 1.82) is 0 Å². The molecule has 1 aliphatic heterocycles. The zero-order valence-electron chi connectivity index (χ0n) is 15.1. The second-order valence-corrected chi connectivity index (χ2v) is 6.98. The van der Waals surface area contributed by atoms with E-state index in [9.17, 15) is 9.18 Å². The van der Waals surface area contributed by atoms with E-state index >= 15 is 0 Å². The lowest BCUT2D eigenvalue weighted by atomic mass is 9.91. The standard InChI is InChI=1S/C22H22FN3O/c23-19-8-4-7-17(13-19)18-9-10-21-25-20(15-26(21)14-18)22(27)24-12-11-16-5-2-1-3-6-16/h1-8,13,15,18H,9-12,14H2,(H,24,27). The predicted molar refractivity (Wildman–Crippen MR) is 102 cm³/mol. The number of halogens is 1.